The van der Waals surface area contributed by atoms with E-state index in [1.807, 2.05) is 0 Å². The number of carbonyl (C=O) groups excluding carboxylic acids is 2. The molecule has 3 rings (SSSR count). The molecule has 2 fully saturated rings. The van der Waals surface area contributed by atoms with E-state index in [1.54, 1.807) is 24.3 Å². The maximum absolute atomic E-state index is 12.3. The number of anilines is 1. The van der Waals surface area contributed by atoms with Crippen molar-refractivity contribution in [1.29, 1.82) is 0 Å². The molecule has 1 aliphatic heterocycles. The quantitative estimate of drug-likeness (QED) is 0.767. The van der Waals surface area contributed by atoms with Gasteiger partial charge in [0.25, 0.3) is 5.91 Å². The Morgan fingerprint density at radius 2 is 1.92 bits per heavy atom. The highest BCUT2D eigenvalue weighted by Crippen LogP contribution is 2.18. The van der Waals surface area contributed by atoms with Gasteiger partial charge in [-0.1, -0.05) is 25.3 Å². The third-order valence-corrected chi connectivity index (χ3v) is 4.84. The highest BCUT2D eigenvalue weighted by atomic mass is 16.5. The molecule has 1 aliphatic carbocycles. The van der Waals surface area contributed by atoms with Crippen molar-refractivity contribution in [3.8, 4) is 0 Å². The van der Waals surface area contributed by atoms with Crippen molar-refractivity contribution in [3.05, 3.63) is 29.8 Å². The molecule has 1 saturated heterocycles. The van der Waals surface area contributed by atoms with Crippen LogP contribution >= 0.6 is 0 Å². The zero-order chi connectivity index (χ0) is 17.5. The van der Waals surface area contributed by atoms with E-state index in [2.05, 4.69) is 16.0 Å². The van der Waals surface area contributed by atoms with Crippen LogP contribution in [0.2, 0.25) is 0 Å². The smallest absolute Gasteiger partial charge is 0.319 e. The number of amides is 3. The minimum Gasteiger partial charge on any atom is -0.376 e. The third kappa shape index (κ3) is 5.46. The Morgan fingerprint density at radius 3 is 2.68 bits per heavy atom. The van der Waals surface area contributed by atoms with Gasteiger partial charge in [-0.3, -0.25) is 4.79 Å². The van der Waals surface area contributed by atoms with Gasteiger partial charge in [0.2, 0.25) is 0 Å². The van der Waals surface area contributed by atoms with Gasteiger partial charge in [-0.05, 0) is 43.9 Å². The van der Waals surface area contributed by atoms with Gasteiger partial charge in [0.05, 0.1) is 6.10 Å². The molecule has 0 radical (unpaired) electrons. The molecule has 1 heterocycles. The molecule has 25 heavy (non-hydrogen) atoms. The summed E-state index contributed by atoms with van der Waals surface area (Å²) in [5.74, 6) is -0.146. The number of urea groups is 1. The second-order valence-corrected chi connectivity index (χ2v) is 6.86. The predicted octanol–water partition coefficient (Wildman–Crippen LogP) is 3.05. The molecule has 3 amide bonds. The van der Waals surface area contributed by atoms with E-state index in [-0.39, 0.29) is 24.1 Å². The molecule has 6 heteroatoms. The van der Waals surface area contributed by atoms with Crippen LogP contribution in [0.4, 0.5) is 10.5 Å². The summed E-state index contributed by atoms with van der Waals surface area (Å²) >= 11 is 0. The Labute approximate surface area is 148 Å². The minimum atomic E-state index is -0.205. The van der Waals surface area contributed by atoms with Crippen LogP contribution in [0.5, 0.6) is 0 Å². The van der Waals surface area contributed by atoms with Gasteiger partial charge in [0.1, 0.15) is 0 Å². The number of hydrogen-bond donors (Lipinski definition) is 3. The number of benzene rings is 1. The molecule has 1 aromatic carbocycles. The fourth-order valence-corrected chi connectivity index (χ4v) is 3.45. The van der Waals surface area contributed by atoms with Crippen LogP contribution in [0.3, 0.4) is 0 Å². The second kappa shape index (κ2) is 8.85. The van der Waals surface area contributed by atoms with Gasteiger partial charge < -0.3 is 20.7 Å². The zero-order valence-electron chi connectivity index (χ0n) is 14.6. The maximum Gasteiger partial charge on any atom is 0.319 e. The van der Waals surface area contributed by atoms with Crippen molar-refractivity contribution in [2.75, 3.05) is 18.5 Å². The lowest BCUT2D eigenvalue weighted by atomic mass is 9.96. The van der Waals surface area contributed by atoms with Crippen molar-refractivity contribution < 1.29 is 14.3 Å². The molecule has 1 atom stereocenters. The molecule has 0 spiro atoms. The lowest BCUT2D eigenvalue weighted by Crippen LogP contribution is -2.39. The number of hydrogen-bond acceptors (Lipinski definition) is 3. The Morgan fingerprint density at radius 1 is 1.08 bits per heavy atom. The molecule has 0 bridgehead atoms. The van der Waals surface area contributed by atoms with E-state index in [0.29, 0.717) is 17.8 Å². The highest BCUT2D eigenvalue weighted by Gasteiger charge is 2.18. The first-order valence-corrected chi connectivity index (χ1v) is 9.28. The SMILES string of the molecule is O=C(Nc1cccc(C(=O)NCC2CCCO2)c1)NC1CCCCC1. The van der Waals surface area contributed by atoms with Gasteiger partial charge >= 0.3 is 6.03 Å². The zero-order valence-corrected chi connectivity index (χ0v) is 14.6. The molecule has 136 valence electrons. The average Bonchev–Trinajstić information content (AvgIpc) is 3.14. The number of rotatable bonds is 5. The van der Waals surface area contributed by atoms with Crippen molar-refractivity contribution in [1.82, 2.24) is 10.6 Å². The van der Waals surface area contributed by atoms with E-state index in [9.17, 15) is 9.59 Å². The second-order valence-electron chi connectivity index (χ2n) is 6.86. The van der Waals surface area contributed by atoms with Gasteiger partial charge in [-0.15, -0.1) is 0 Å². The fraction of sp³-hybridized carbons (Fsp3) is 0.579. The molecular formula is C19H27N3O3. The van der Waals surface area contributed by atoms with Gasteiger partial charge in [0.15, 0.2) is 0 Å². The molecule has 3 N–H and O–H groups in total. The number of carbonyl (C=O) groups is 2. The standard InChI is InChI=1S/C19H27N3O3/c23-18(20-13-17-10-5-11-25-17)14-6-4-9-16(12-14)22-19(24)21-15-7-2-1-3-8-15/h4,6,9,12,15,17H,1-3,5,7-8,10-11,13H2,(H,20,23)(H2,21,22,24). The van der Waals surface area contributed by atoms with Gasteiger partial charge in [-0.25, -0.2) is 4.79 Å². The molecule has 1 aromatic rings. The van der Waals surface area contributed by atoms with Crippen LogP contribution < -0.4 is 16.0 Å². The first-order valence-electron chi connectivity index (χ1n) is 9.28. The number of nitrogens with one attached hydrogen (secondary N) is 3. The van der Waals surface area contributed by atoms with Crippen LogP contribution in [0.15, 0.2) is 24.3 Å². The monoisotopic (exact) mass is 345 g/mol. The minimum absolute atomic E-state index is 0.117. The Hall–Kier alpha value is -2.08. The Balaban J connectivity index is 1.49. The van der Waals surface area contributed by atoms with Crippen molar-refractivity contribution in [2.24, 2.45) is 0 Å². The Bertz CT molecular complexity index is 593. The number of ether oxygens (including phenoxy) is 1. The fourth-order valence-electron chi connectivity index (χ4n) is 3.45. The van der Waals surface area contributed by atoms with Crippen LogP contribution in [0, 0.1) is 0 Å². The van der Waals surface area contributed by atoms with E-state index in [0.717, 1.165) is 32.3 Å². The highest BCUT2D eigenvalue weighted by molar-refractivity contribution is 5.96. The summed E-state index contributed by atoms with van der Waals surface area (Å²) < 4.78 is 5.51. The summed E-state index contributed by atoms with van der Waals surface area (Å²) in [5, 5.41) is 8.73. The summed E-state index contributed by atoms with van der Waals surface area (Å²) in [6, 6.07) is 7.06. The van der Waals surface area contributed by atoms with Crippen molar-refractivity contribution in [3.63, 3.8) is 0 Å². The summed E-state index contributed by atoms with van der Waals surface area (Å²) in [6.45, 7) is 1.30. The van der Waals surface area contributed by atoms with Crippen LogP contribution in [-0.2, 0) is 4.74 Å². The van der Waals surface area contributed by atoms with E-state index in [1.165, 1.54) is 19.3 Å². The first-order chi connectivity index (χ1) is 12.2. The lowest BCUT2D eigenvalue weighted by Gasteiger charge is -2.22. The van der Waals surface area contributed by atoms with Crippen molar-refractivity contribution >= 4 is 17.6 Å². The summed E-state index contributed by atoms with van der Waals surface area (Å²) in [4.78, 5) is 24.4. The Kier molecular flexibility index (Phi) is 6.28. The van der Waals surface area contributed by atoms with Crippen LogP contribution in [0.1, 0.15) is 55.3 Å². The normalized spacial score (nSPS) is 20.9. The molecular weight excluding hydrogens is 318 g/mol. The van der Waals surface area contributed by atoms with Crippen molar-refractivity contribution in [2.45, 2.75) is 57.1 Å². The largest absolute Gasteiger partial charge is 0.376 e. The lowest BCUT2D eigenvalue weighted by molar-refractivity contribution is 0.0858. The third-order valence-electron chi connectivity index (χ3n) is 4.84. The molecule has 1 saturated carbocycles. The summed E-state index contributed by atoms with van der Waals surface area (Å²) in [7, 11) is 0. The summed E-state index contributed by atoms with van der Waals surface area (Å²) in [6.07, 6.45) is 7.84. The molecule has 2 aliphatic rings. The summed E-state index contributed by atoms with van der Waals surface area (Å²) in [5.41, 5.74) is 1.16. The van der Waals surface area contributed by atoms with Crippen LogP contribution in [-0.4, -0.2) is 37.2 Å². The predicted molar refractivity (Wildman–Crippen MR) is 96.8 cm³/mol. The topological polar surface area (TPSA) is 79.5 Å². The molecule has 1 unspecified atom stereocenters. The molecule has 6 nitrogen and oxygen atoms in total. The van der Waals surface area contributed by atoms with Gasteiger partial charge in [0, 0.05) is 30.4 Å². The molecule has 0 aromatic heterocycles. The maximum atomic E-state index is 12.3. The van der Waals surface area contributed by atoms with Crippen LogP contribution in [0.25, 0.3) is 0 Å². The van der Waals surface area contributed by atoms with E-state index >= 15 is 0 Å². The average molecular weight is 345 g/mol. The van der Waals surface area contributed by atoms with E-state index in [4.69, 9.17) is 4.74 Å². The van der Waals surface area contributed by atoms with E-state index < -0.39 is 0 Å². The first kappa shape index (κ1) is 17.7. The van der Waals surface area contributed by atoms with Gasteiger partial charge in [-0.2, -0.15) is 0 Å².